The third kappa shape index (κ3) is 2.70. The fourth-order valence-electron chi connectivity index (χ4n) is 1.17. The molecule has 1 rings (SSSR count). The molecular weight excluding hydrogens is 158 g/mol. The second-order valence-corrected chi connectivity index (χ2v) is 3.43. The Morgan fingerprint density at radius 3 is 3.00 bits per heavy atom. The highest BCUT2D eigenvalue weighted by Crippen LogP contribution is 2.18. The van der Waals surface area contributed by atoms with E-state index in [1.54, 1.807) is 0 Å². The van der Waals surface area contributed by atoms with E-state index in [1.165, 1.54) is 0 Å². The molecule has 0 N–H and O–H groups in total. The van der Waals surface area contributed by atoms with Crippen LogP contribution in [0.5, 0.6) is 0 Å². The normalized spacial score (nSPS) is 27.7. The first-order valence-electron chi connectivity index (χ1n) is 3.90. The van der Waals surface area contributed by atoms with E-state index in [1.807, 2.05) is 13.8 Å². The lowest BCUT2D eigenvalue weighted by Crippen LogP contribution is -2.44. The smallest absolute Gasteiger partial charge is 0.0873 e. The molecule has 5 nitrogen and oxygen atoms in total. The summed E-state index contributed by atoms with van der Waals surface area (Å²) in [6.45, 7) is 5.37. The van der Waals surface area contributed by atoms with Crippen LogP contribution >= 0.6 is 0 Å². The van der Waals surface area contributed by atoms with E-state index < -0.39 is 0 Å². The lowest BCUT2D eigenvalue weighted by atomic mass is 10.1. The second-order valence-electron chi connectivity index (χ2n) is 3.43. The number of nitrogens with zero attached hydrogens (tertiary/aromatic N) is 3. The summed E-state index contributed by atoms with van der Waals surface area (Å²) < 4.78 is 10.9. The highest BCUT2D eigenvalue weighted by atomic mass is 16.6. The van der Waals surface area contributed by atoms with Crippen LogP contribution in [0.2, 0.25) is 0 Å². The van der Waals surface area contributed by atoms with Gasteiger partial charge in [0, 0.05) is 4.91 Å². The first-order valence-corrected chi connectivity index (χ1v) is 3.90. The van der Waals surface area contributed by atoms with E-state index in [2.05, 4.69) is 10.0 Å². The van der Waals surface area contributed by atoms with Gasteiger partial charge in [-0.15, -0.1) is 0 Å². The van der Waals surface area contributed by atoms with Crippen molar-refractivity contribution in [2.24, 2.45) is 5.11 Å². The van der Waals surface area contributed by atoms with Crippen LogP contribution in [0.15, 0.2) is 5.11 Å². The van der Waals surface area contributed by atoms with Gasteiger partial charge >= 0.3 is 0 Å². The first kappa shape index (κ1) is 9.32. The van der Waals surface area contributed by atoms with Gasteiger partial charge in [-0.3, -0.25) is 0 Å². The minimum Gasteiger partial charge on any atom is -0.376 e. The van der Waals surface area contributed by atoms with Crippen molar-refractivity contribution >= 4 is 0 Å². The van der Waals surface area contributed by atoms with Gasteiger partial charge in [-0.25, -0.2) is 0 Å². The number of ether oxygens (including phenoxy) is 2. The van der Waals surface area contributed by atoms with Gasteiger partial charge in [0.1, 0.15) is 0 Å². The van der Waals surface area contributed by atoms with Crippen molar-refractivity contribution < 1.29 is 9.47 Å². The van der Waals surface area contributed by atoms with Crippen LogP contribution in [0.3, 0.4) is 0 Å². The zero-order chi connectivity index (χ0) is 9.03. The second kappa shape index (κ2) is 3.76. The molecule has 1 heterocycles. The Bertz CT molecular complexity index is 199. The van der Waals surface area contributed by atoms with Gasteiger partial charge in [0.15, 0.2) is 0 Å². The summed E-state index contributed by atoms with van der Waals surface area (Å²) in [5, 5.41) is 3.44. The average Bonchev–Trinajstić information content (AvgIpc) is 1.99. The molecule has 5 heteroatoms. The van der Waals surface area contributed by atoms with Crippen molar-refractivity contribution in [1.82, 2.24) is 0 Å². The maximum absolute atomic E-state index is 8.09. The Kier molecular flexibility index (Phi) is 2.92. The van der Waals surface area contributed by atoms with Crippen LogP contribution in [0.4, 0.5) is 0 Å². The Labute approximate surface area is 71.3 Å². The van der Waals surface area contributed by atoms with Crippen molar-refractivity contribution in [2.75, 3.05) is 19.8 Å². The van der Waals surface area contributed by atoms with Crippen molar-refractivity contribution in [3.8, 4) is 0 Å². The molecule has 1 fully saturated rings. The van der Waals surface area contributed by atoms with Crippen molar-refractivity contribution in [3.63, 3.8) is 0 Å². The molecule has 0 aromatic heterocycles. The third-order valence-corrected chi connectivity index (χ3v) is 1.59. The highest BCUT2D eigenvalue weighted by Gasteiger charge is 2.28. The van der Waals surface area contributed by atoms with Gasteiger partial charge in [0.2, 0.25) is 0 Å². The van der Waals surface area contributed by atoms with Gasteiger partial charge in [0.05, 0.1) is 31.5 Å². The Morgan fingerprint density at radius 2 is 2.42 bits per heavy atom. The zero-order valence-electron chi connectivity index (χ0n) is 7.36. The van der Waals surface area contributed by atoms with Crippen molar-refractivity contribution in [2.45, 2.75) is 25.6 Å². The van der Waals surface area contributed by atoms with Gasteiger partial charge in [-0.1, -0.05) is 5.11 Å². The minimum atomic E-state index is -0.256. The summed E-state index contributed by atoms with van der Waals surface area (Å²) in [7, 11) is 0. The molecule has 12 heavy (non-hydrogen) atoms. The highest BCUT2D eigenvalue weighted by molar-refractivity contribution is 4.76. The Hall–Kier alpha value is -0.770. The molecule has 0 aromatic carbocycles. The van der Waals surface area contributed by atoms with Crippen molar-refractivity contribution in [1.29, 1.82) is 0 Å². The van der Waals surface area contributed by atoms with Crippen LogP contribution in [0.1, 0.15) is 13.8 Å². The Morgan fingerprint density at radius 1 is 1.67 bits per heavy atom. The maximum atomic E-state index is 8.09. The van der Waals surface area contributed by atoms with Gasteiger partial charge in [0.25, 0.3) is 0 Å². The summed E-state index contributed by atoms with van der Waals surface area (Å²) in [6.07, 6.45) is -0.0929. The number of hydrogen-bond acceptors (Lipinski definition) is 3. The van der Waals surface area contributed by atoms with E-state index in [-0.39, 0.29) is 11.7 Å². The monoisotopic (exact) mass is 171 g/mol. The van der Waals surface area contributed by atoms with Crippen LogP contribution in [-0.4, -0.2) is 31.5 Å². The predicted molar refractivity (Wildman–Crippen MR) is 43.8 cm³/mol. The van der Waals surface area contributed by atoms with E-state index in [0.29, 0.717) is 19.8 Å². The van der Waals surface area contributed by atoms with Crippen LogP contribution in [0.25, 0.3) is 10.4 Å². The molecular formula is C7H13N3O2. The maximum Gasteiger partial charge on any atom is 0.0873 e. The van der Waals surface area contributed by atoms with Crippen molar-refractivity contribution in [3.05, 3.63) is 10.4 Å². The van der Waals surface area contributed by atoms with Crippen LogP contribution in [-0.2, 0) is 9.47 Å². The number of azide groups is 1. The molecule has 0 saturated carbocycles. The summed E-state index contributed by atoms with van der Waals surface area (Å²) >= 11 is 0. The molecule has 0 unspecified atom stereocenters. The summed E-state index contributed by atoms with van der Waals surface area (Å²) in [5.74, 6) is 0. The molecule has 0 aliphatic carbocycles. The van der Waals surface area contributed by atoms with Gasteiger partial charge in [-0.05, 0) is 19.4 Å². The number of rotatable bonds is 2. The van der Waals surface area contributed by atoms with Gasteiger partial charge in [-0.2, -0.15) is 0 Å². The summed E-state index contributed by atoms with van der Waals surface area (Å²) in [6, 6.07) is 0. The molecule has 0 aromatic rings. The van der Waals surface area contributed by atoms with E-state index in [4.69, 9.17) is 15.0 Å². The zero-order valence-corrected chi connectivity index (χ0v) is 7.36. The van der Waals surface area contributed by atoms with Gasteiger partial charge < -0.3 is 9.47 Å². The quantitative estimate of drug-likeness (QED) is 0.359. The number of hydrogen-bond donors (Lipinski definition) is 0. The summed E-state index contributed by atoms with van der Waals surface area (Å²) in [5.41, 5.74) is 7.83. The molecule has 0 bridgehead atoms. The fraction of sp³-hybridized carbons (Fsp3) is 1.00. The molecule has 0 amide bonds. The molecule has 0 spiro atoms. The third-order valence-electron chi connectivity index (χ3n) is 1.59. The molecule has 1 saturated heterocycles. The molecule has 68 valence electrons. The standard InChI is InChI=1S/C7H13N3O2/c1-7(2)5-11-4-6(12-7)3-9-10-8/h6H,3-5H2,1-2H3/t6-/m0/s1. The molecule has 1 aliphatic heterocycles. The average molecular weight is 171 g/mol. The first-order chi connectivity index (χ1) is 5.64. The van der Waals surface area contributed by atoms with Crippen LogP contribution in [0, 0.1) is 0 Å². The predicted octanol–water partition coefficient (Wildman–Crippen LogP) is 1.49. The molecule has 1 atom stereocenters. The van der Waals surface area contributed by atoms with E-state index >= 15 is 0 Å². The summed E-state index contributed by atoms with van der Waals surface area (Å²) in [4.78, 5) is 2.67. The molecule has 1 aliphatic rings. The topological polar surface area (TPSA) is 67.2 Å². The van der Waals surface area contributed by atoms with E-state index in [0.717, 1.165) is 0 Å². The SMILES string of the molecule is CC1(C)COC[C@H](CN=[N+]=[N-])O1. The minimum absolute atomic E-state index is 0.0929. The molecule has 0 radical (unpaired) electrons. The van der Waals surface area contributed by atoms with Crippen LogP contribution < -0.4 is 0 Å². The lowest BCUT2D eigenvalue weighted by Gasteiger charge is -2.35. The fourth-order valence-corrected chi connectivity index (χ4v) is 1.17. The largest absolute Gasteiger partial charge is 0.376 e. The lowest BCUT2D eigenvalue weighted by molar-refractivity contribution is -0.178. The van der Waals surface area contributed by atoms with E-state index in [9.17, 15) is 0 Å². The Balaban J connectivity index is 2.41.